The average molecular weight is 356 g/mol. The first-order valence-electron chi connectivity index (χ1n) is 8.41. The SMILES string of the molecule is C=CCCOCCCCOc1cccc2cc(-c3nn[nH]n3)c(=O)oc12. The Bertz CT molecular complexity index is 905. The number of para-hydroxylation sites is 1. The second-order valence-corrected chi connectivity index (χ2v) is 5.60. The maximum atomic E-state index is 12.2. The number of rotatable bonds is 10. The Labute approximate surface area is 149 Å². The maximum Gasteiger partial charge on any atom is 0.347 e. The molecule has 0 radical (unpaired) electrons. The molecule has 0 bridgehead atoms. The quantitative estimate of drug-likeness (QED) is 0.338. The Hall–Kier alpha value is -3.00. The van der Waals surface area contributed by atoms with Gasteiger partial charge in [-0.05, 0) is 36.6 Å². The molecule has 0 spiro atoms. The summed E-state index contributed by atoms with van der Waals surface area (Å²) in [6.45, 7) is 5.55. The fraction of sp³-hybridized carbons (Fsp3) is 0.333. The Morgan fingerprint density at radius 3 is 2.92 bits per heavy atom. The number of nitrogens with zero attached hydrogens (tertiary/aromatic N) is 3. The summed E-state index contributed by atoms with van der Waals surface area (Å²) < 4.78 is 16.7. The van der Waals surface area contributed by atoms with Crippen molar-refractivity contribution in [2.45, 2.75) is 19.3 Å². The predicted molar refractivity (Wildman–Crippen MR) is 96.0 cm³/mol. The number of aromatic amines is 1. The summed E-state index contributed by atoms with van der Waals surface area (Å²) >= 11 is 0. The van der Waals surface area contributed by atoms with E-state index in [0.29, 0.717) is 31.2 Å². The van der Waals surface area contributed by atoms with Crippen molar-refractivity contribution in [1.29, 1.82) is 0 Å². The van der Waals surface area contributed by atoms with Gasteiger partial charge in [-0.15, -0.1) is 16.8 Å². The molecule has 26 heavy (non-hydrogen) atoms. The van der Waals surface area contributed by atoms with Gasteiger partial charge in [0.15, 0.2) is 11.3 Å². The molecule has 1 N–H and O–H groups in total. The molecule has 136 valence electrons. The number of benzene rings is 1. The standard InChI is InChI=1S/C18H20N4O4/c1-2-3-9-24-10-4-5-11-25-15-8-6-7-13-12-14(17-19-21-22-20-17)18(23)26-16(13)15/h2,6-8,12H,1,3-5,9-11H2,(H,19,20,21,22). The van der Waals surface area contributed by atoms with E-state index >= 15 is 0 Å². The van der Waals surface area contributed by atoms with Crippen molar-refractivity contribution in [3.63, 3.8) is 0 Å². The van der Waals surface area contributed by atoms with Gasteiger partial charge in [-0.3, -0.25) is 0 Å². The molecule has 0 saturated carbocycles. The molecule has 0 saturated heterocycles. The fourth-order valence-electron chi connectivity index (χ4n) is 2.42. The number of H-pyrrole nitrogens is 1. The molecule has 1 aromatic carbocycles. The Morgan fingerprint density at radius 2 is 2.12 bits per heavy atom. The summed E-state index contributed by atoms with van der Waals surface area (Å²) in [6.07, 6.45) is 4.43. The van der Waals surface area contributed by atoms with Crippen LogP contribution in [0.4, 0.5) is 0 Å². The molecule has 8 heteroatoms. The van der Waals surface area contributed by atoms with E-state index in [1.54, 1.807) is 12.1 Å². The number of hydrogen-bond acceptors (Lipinski definition) is 7. The van der Waals surface area contributed by atoms with Gasteiger partial charge in [-0.2, -0.15) is 5.21 Å². The Kier molecular flexibility index (Phi) is 6.10. The van der Waals surface area contributed by atoms with E-state index in [1.165, 1.54) is 0 Å². The van der Waals surface area contributed by atoms with Crippen LogP contribution in [-0.2, 0) is 4.74 Å². The van der Waals surface area contributed by atoms with Crippen molar-refractivity contribution in [3.8, 4) is 17.1 Å². The summed E-state index contributed by atoms with van der Waals surface area (Å²) in [4.78, 5) is 12.2. The molecule has 2 heterocycles. The van der Waals surface area contributed by atoms with Gasteiger partial charge in [-0.1, -0.05) is 18.2 Å². The van der Waals surface area contributed by atoms with Gasteiger partial charge >= 0.3 is 5.63 Å². The lowest BCUT2D eigenvalue weighted by Gasteiger charge is -2.08. The Morgan fingerprint density at radius 1 is 1.23 bits per heavy atom. The molecule has 0 unspecified atom stereocenters. The molecule has 3 rings (SSSR count). The van der Waals surface area contributed by atoms with Crippen LogP contribution in [0.5, 0.6) is 5.75 Å². The summed E-state index contributed by atoms with van der Waals surface area (Å²) in [7, 11) is 0. The van der Waals surface area contributed by atoms with Gasteiger partial charge in [0.25, 0.3) is 0 Å². The van der Waals surface area contributed by atoms with Crippen molar-refractivity contribution in [2.75, 3.05) is 19.8 Å². The van der Waals surface area contributed by atoms with Crippen LogP contribution < -0.4 is 10.4 Å². The zero-order valence-corrected chi connectivity index (χ0v) is 14.3. The van der Waals surface area contributed by atoms with Crippen LogP contribution in [0.15, 0.2) is 46.1 Å². The van der Waals surface area contributed by atoms with Crippen molar-refractivity contribution < 1.29 is 13.9 Å². The second-order valence-electron chi connectivity index (χ2n) is 5.60. The van der Waals surface area contributed by atoms with E-state index in [2.05, 4.69) is 27.2 Å². The largest absolute Gasteiger partial charge is 0.490 e. The predicted octanol–water partition coefficient (Wildman–Crippen LogP) is 2.72. The third-order valence-corrected chi connectivity index (χ3v) is 3.72. The van der Waals surface area contributed by atoms with Crippen LogP contribution in [0.25, 0.3) is 22.4 Å². The van der Waals surface area contributed by atoms with E-state index in [0.717, 1.165) is 24.6 Å². The van der Waals surface area contributed by atoms with Crippen LogP contribution >= 0.6 is 0 Å². The van der Waals surface area contributed by atoms with Crippen molar-refractivity contribution in [1.82, 2.24) is 20.6 Å². The van der Waals surface area contributed by atoms with E-state index in [4.69, 9.17) is 13.9 Å². The van der Waals surface area contributed by atoms with Gasteiger partial charge in [-0.25, -0.2) is 4.79 Å². The minimum atomic E-state index is -0.537. The summed E-state index contributed by atoms with van der Waals surface area (Å²) in [5.74, 6) is 0.732. The third-order valence-electron chi connectivity index (χ3n) is 3.72. The summed E-state index contributed by atoms with van der Waals surface area (Å²) in [6, 6.07) is 7.13. The Balaban J connectivity index is 1.63. The highest BCUT2D eigenvalue weighted by Crippen LogP contribution is 2.26. The molecular formula is C18H20N4O4. The lowest BCUT2D eigenvalue weighted by atomic mass is 10.1. The van der Waals surface area contributed by atoms with Crippen LogP contribution in [0, 0.1) is 0 Å². The molecule has 2 aromatic heterocycles. The number of unbranched alkanes of at least 4 members (excludes halogenated alkanes) is 1. The first-order valence-corrected chi connectivity index (χ1v) is 8.41. The van der Waals surface area contributed by atoms with Gasteiger partial charge in [0.1, 0.15) is 5.56 Å². The smallest absolute Gasteiger partial charge is 0.347 e. The number of tetrazole rings is 1. The number of ether oxygens (including phenoxy) is 2. The third kappa shape index (κ3) is 4.34. The monoisotopic (exact) mass is 356 g/mol. The minimum absolute atomic E-state index is 0.198. The molecule has 0 aliphatic rings. The van der Waals surface area contributed by atoms with E-state index in [1.807, 2.05) is 18.2 Å². The second kappa shape index (κ2) is 8.91. The molecule has 0 fully saturated rings. The van der Waals surface area contributed by atoms with E-state index in [9.17, 15) is 4.79 Å². The summed E-state index contributed by atoms with van der Waals surface area (Å²) in [5, 5.41) is 14.1. The molecule has 0 aliphatic carbocycles. The molecular weight excluding hydrogens is 336 g/mol. The topological polar surface area (TPSA) is 103 Å². The maximum absolute atomic E-state index is 12.2. The van der Waals surface area contributed by atoms with Gasteiger partial charge < -0.3 is 13.9 Å². The van der Waals surface area contributed by atoms with Crippen molar-refractivity contribution in [3.05, 3.63) is 47.3 Å². The van der Waals surface area contributed by atoms with Crippen LogP contribution in [0.2, 0.25) is 0 Å². The fourth-order valence-corrected chi connectivity index (χ4v) is 2.42. The number of hydrogen-bond donors (Lipinski definition) is 1. The van der Waals surface area contributed by atoms with Crippen molar-refractivity contribution in [2.24, 2.45) is 0 Å². The van der Waals surface area contributed by atoms with E-state index < -0.39 is 5.63 Å². The number of aromatic nitrogens is 4. The first-order chi connectivity index (χ1) is 12.8. The number of nitrogens with one attached hydrogen (secondary N) is 1. The van der Waals surface area contributed by atoms with Gasteiger partial charge in [0.2, 0.25) is 5.82 Å². The molecule has 0 atom stereocenters. The van der Waals surface area contributed by atoms with Crippen LogP contribution in [0.3, 0.4) is 0 Å². The van der Waals surface area contributed by atoms with Crippen molar-refractivity contribution >= 4 is 11.0 Å². The molecule has 0 aliphatic heterocycles. The van der Waals surface area contributed by atoms with E-state index in [-0.39, 0.29) is 11.4 Å². The minimum Gasteiger partial charge on any atom is -0.490 e. The summed E-state index contributed by atoms with van der Waals surface area (Å²) in [5.41, 5.74) is 0.123. The van der Waals surface area contributed by atoms with Crippen LogP contribution in [-0.4, -0.2) is 40.4 Å². The first kappa shape index (κ1) is 17.8. The lowest BCUT2D eigenvalue weighted by Crippen LogP contribution is -2.06. The zero-order chi connectivity index (χ0) is 18.2. The highest BCUT2D eigenvalue weighted by molar-refractivity contribution is 5.85. The molecule has 0 amide bonds. The van der Waals surface area contributed by atoms with Gasteiger partial charge in [0.05, 0.1) is 6.61 Å². The molecule has 8 nitrogen and oxygen atoms in total. The van der Waals surface area contributed by atoms with Gasteiger partial charge in [0, 0.05) is 18.6 Å². The average Bonchev–Trinajstić information content (AvgIpc) is 3.18. The zero-order valence-electron chi connectivity index (χ0n) is 14.3. The lowest BCUT2D eigenvalue weighted by molar-refractivity contribution is 0.130. The highest BCUT2D eigenvalue weighted by atomic mass is 16.5. The normalized spacial score (nSPS) is 10.9. The molecule has 3 aromatic rings. The number of fused-ring (bicyclic) bond motifs is 1. The highest BCUT2D eigenvalue weighted by Gasteiger charge is 2.14. The van der Waals surface area contributed by atoms with Crippen LogP contribution in [0.1, 0.15) is 19.3 Å².